The number of morpholine rings is 1. The van der Waals surface area contributed by atoms with Gasteiger partial charge >= 0.3 is 0 Å². The first kappa shape index (κ1) is 22.6. The molecule has 0 bridgehead atoms. The Hall–Kier alpha value is -2.90. The Morgan fingerprint density at radius 3 is 2.46 bits per heavy atom. The van der Waals surface area contributed by atoms with E-state index in [4.69, 9.17) is 4.74 Å². The molecule has 4 heterocycles. The van der Waals surface area contributed by atoms with Gasteiger partial charge in [0.1, 0.15) is 5.65 Å². The van der Waals surface area contributed by atoms with E-state index in [2.05, 4.69) is 38.4 Å². The lowest BCUT2D eigenvalue weighted by atomic mass is 9.99. The predicted octanol–water partition coefficient (Wildman–Crippen LogP) is 4.52. The van der Waals surface area contributed by atoms with E-state index in [1.165, 1.54) is 25.7 Å². The number of nitrogens with zero attached hydrogens (tertiary/aromatic N) is 3. The smallest absolute Gasteiger partial charge is 0.253 e. The fourth-order valence-corrected chi connectivity index (χ4v) is 6.01. The summed E-state index contributed by atoms with van der Waals surface area (Å²) in [5, 5.41) is 4.93. The van der Waals surface area contributed by atoms with Crippen LogP contribution < -0.4 is 5.32 Å². The lowest BCUT2D eigenvalue weighted by Crippen LogP contribution is -2.50. The number of hydrogen-bond acceptors (Lipinski definition) is 5. The largest absolute Gasteiger partial charge is 0.381 e. The highest BCUT2D eigenvalue weighted by molar-refractivity contribution is 5.99. The van der Waals surface area contributed by atoms with Crippen molar-refractivity contribution in [3.05, 3.63) is 48.3 Å². The summed E-state index contributed by atoms with van der Waals surface area (Å²) < 4.78 is 5.49. The van der Waals surface area contributed by atoms with Crippen LogP contribution in [0.3, 0.4) is 0 Å². The first-order valence-corrected chi connectivity index (χ1v) is 13.2. The minimum Gasteiger partial charge on any atom is -0.381 e. The van der Waals surface area contributed by atoms with E-state index in [9.17, 15) is 4.79 Å². The number of rotatable bonds is 5. The molecule has 1 aromatic carbocycles. The Bertz CT molecular complexity index is 1150. The molecule has 3 fully saturated rings. The molecule has 1 amide bonds. The van der Waals surface area contributed by atoms with E-state index < -0.39 is 0 Å². The Morgan fingerprint density at radius 2 is 1.71 bits per heavy atom. The molecule has 1 saturated carbocycles. The molecule has 2 N–H and O–H groups in total. The van der Waals surface area contributed by atoms with Gasteiger partial charge in [-0.05, 0) is 49.4 Å². The molecule has 7 heteroatoms. The predicted molar refractivity (Wildman–Crippen MR) is 139 cm³/mol. The SMILES string of the molecule is O=C(c1ccc(-c2cnc3[nH]ccc3c2NC2CCCC2)cc1)N1CCC(N2CCOCC2)CC1. The van der Waals surface area contributed by atoms with Crippen molar-refractivity contribution < 1.29 is 9.53 Å². The van der Waals surface area contributed by atoms with Crippen LogP contribution >= 0.6 is 0 Å². The zero-order chi connectivity index (χ0) is 23.6. The molecule has 1 aliphatic carbocycles. The number of hydrogen-bond donors (Lipinski definition) is 2. The van der Waals surface area contributed by atoms with Crippen LogP contribution in [-0.2, 0) is 4.74 Å². The van der Waals surface area contributed by atoms with E-state index in [1.54, 1.807) is 0 Å². The number of fused-ring (bicyclic) bond motifs is 1. The summed E-state index contributed by atoms with van der Waals surface area (Å²) in [6.07, 6.45) is 11.0. The summed E-state index contributed by atoms with van der Waals surface area (Å²) in [5.41, 5.74) is 4.99. The van der Waals surface area contributed by atoms with E-state index in [1.807, 2.05) is 29.4 Å². The normalized spacial score (nSPS) is 20.5. The van der Waals surface area contributed by atoms with Crippen LogP contribution in [0.2, 0.25) is 0 Å². The van der Waals surface area contributed by atoms with Gasteiger partial charge in [-0.3, -0.25) is 9.69 Å². The fourth-order valence-electron chi connectivity index (χ4n) is 6.01. The van der Waals surface area contributed by atoms with E-state index in [-0.39, 0.29) is 5.91 Å². The molecular weight excluding hydrogens is 438 g/mol. The zero-order valence-electron chi connectivity index (χ0n) is 20.3. The lowest BCUT2D eigenvalue weighted by molar-refractivity contribution is 0.00159. The van der Waals surface area contributed by atoms with E-state index >= 15 is 0 Å². The van der Waals surface area contributed by atoms with Gasteiger partial charge in [0, 0.05) is 67.2 Å². The second-order valence-electron chi connectivity index (χ2n) is 10.2. The summed E-state index contributed by atoms with van der Waals surface area (Å²) in [4.78, 5) is 25.7. The first-order valence-electron chi connectivity index (χ1n) is 13.2. The second-order valence-corrected chi connectivity index (χ2v) is 10.2. The number of H-pyrrole nitrogens is 1. The zero-order valence-corrected chi connectivity index (χ0v) is 20.3. The summed E-state index contributed by atoms with van der Waals surface area (Å²) in [6.45, 7) is 5.34. The molecule has 7 nitrogen and oxygen atoms in total. The molecule has 0 spiro atoms. The molecule has 2 aliphatic heterocycles. The lowest BCUT2D eigenvalue weighted by Gasteiger charge is -2.40. The van der Waals surface area contributed by atoms with E-state index in [0.717, 1.165) is 85.6 Å². The quantitative estimate of drug-likeness (QED) is 0.570. The monoisotopic (exact) mass is 473 g/mol. The third kappa shape index (κ3) is 4.67. The highest BCUT2D eigenvalue weighted by atomic mass is 16.5. The van der Waals surface area contributed by atoms with Crippen molar-refractivity contribution in [2.75, 3.05) is 44.7 Å². The minimum atomic E-state index is 0.139. The van der Waals surface area contributed by atoms with Gasteiger partial charge < -0.3 is 19.9 Å². The van der Waals surface area contributed by atoms with Crippen molar-refractivity contribution in [2.45, 2.75) is 50.6 Å². The van der Waals surface area contributed by atoms with E-state index in [0.29, 0.717) is 12.1 Å². The summed E-state index contributed by atoms with van der Waals surface area (Å²) in [7, 11) is 0. The van der Waals surface area contributed by atoms with Gasteiger partial charge in [0.15, 0.2) is 0 Å². The van der Waals surface area contributed by atoms with Gasteiger partial charge in [-0.25, -0.2) is 4.98 Å². The van der Waals surface area contributed by atoms with Gasteiger partial charge in [0.2, 0.25) is 0 Å². The molecule has 2 saturated heterocycles. The van der Waals surface area contributed by atoms with Crippen LogP contribution in [-0.4, -0.2) is 77.2 Å². The standard InChI is InChI=1S/C28H35N5O2/c34-28(33-13-10-23(11-14-33)32-15-17-35-18-16-32)21-7-5-20(6-8-21)25-19-30-27-24(9-12-29-27)26(25)31-22-3-1-2-4-22/h5-9,12,19,22-23H,1-4,10-11,13-18H2,(H2,29,30,31). The topological polar surface area (TPSA) is 73.5 Å². The maximum absolute atomic E-state index is 13.2. The third-order valence-corrected chi connectivity index (χ3v) is 8.05. The second kappa shape index (κ2) is 9.99. The molecular formula is C28H35N5O2. The number of piperidine rings is 1. The first-order chi connectivity index (χ1) is 17.3. The Balaban J connectivity index is 1.17. The fraction of sp³-hybridized carbons (Fsp3) is 0.500. The van der Waals surface area contributed by atoms with Crippen LogP contribution in [0.4, 0.5) is 5.69 Å². The third-order valence-electron chi connectivity index (χ3n) is 8.05. The molecule has 35 heavy (non-hydrogen) atoms. The van der Waals surface area contributed by atoms with Crippen LogP contribution in [0.1, 0.15) is 48.9 Å². The van der Waals surface area contributed by atoms with Crippen LogP contribution in [0.25, 0.3) is 22.2 Å². The van der Waals surface area contributed by atoms with Crippen molar-refractivity contribution in [3.8, 4) is 11.1 Å². The van der Waals surface area contributed by atoms with Crippen LogP contribution in [0.15, 0.2) is 42.7 Å². The van der Waals surface area contributed by atoms with Crippen molar-refractivity contribution in [1.82, 2.24) is 19.8 Å². The summed E-state index contributed by atoms with van der Waals surface area (Å²) in [6, 6.07) is 11.3. The Labute approximate surface area is 206 Å². The number of likely N-dealkylation sites (tertiary alicyclic amines) is 1. The number of aromatic nitrogens is 2. The molecule has 0 radical (unpaired) electrons. The number of aromatic amines is 1. The number of ether oxygens (including phenoxy) is 1. The van der Waals surface area contributed by atoms with Crippen molar-refractivity contribution in [2.24, 2.45) is 0 Å². The molecule has 3 aliphatic rings. The number of benzene rings is 1. The van der Waals surface area contributed by atoms with Crippen molar-refractivity contribution in [3.63, 3.8) is 0 Å². The summed E-state index contributed by atoms with van der Waals surface area (Å²) in [5.74, 6) is 0.139. The molecule has 3 aromatic rings. The van der Waals surface area contributed by atoms with Crippen LogP contribution in [0, 0.1) is 0 Å². The van der Waals surface area contributed by atoms with Crippen molar-refractivity contribution >= 4 is 22.6 Å². The molecule has 6 rings (SSSR count). The average molecular weight is 474 g/mol. The van der Waals surface area contributed by atoms with Gasteiger partial charge in [0.25, 0.3) is 5.91 Å². The average Bonchev–Trinajstić information content (AvgIpc) is 3.62. The Kier molecular flexibility index (Phi) is 6.44. The van der Waals surface area contributed by atoms with Gasteiger partial charge in [-0.2, -0.15) is 0 Å². The minimum absolute atomic E-state index is 0.139. The number of carbonyl (C=O) groups excluding carboxylic acids is 1. The highest BCUT2D eigenvalue weighted by Gasteiger charge is 2.28. The Morgan fingerprint density at radius 1 is 0.971 bits per heavy atom. The molecule has 2 aromatic heterocycles. The number of pyridine rings is 1. The number of nitrogens with one attached hydrogen (secondary N) is 2. The maximum atomic E-state index is 13.2. The van der Waals surface area contributed by atoms with Crippen molar-refractivity contribution in [1.29, 1.82) is 0 Å². The van der Waals surface area contributed by atoms with Gasteiger partial charge in [0.05, 0.1) is 18.9 Å². The van der Waals surface area contributed by atoms with Gasteiger partial charge in [-0.1, -0.05) is 25.0 Å². The molecule has 0 atom stereocenters. The van der Waals surface area contributed by atoms with Crippen LogP contribution in [0.5, 0.6) is 0 Å². The molecule has 0 unspecified atom stereocenters. The summed E-state index contributed by atoms with van der Waals surface area (Å²) >= 11 is 0. The maximum Gasteiger partial charge on any atom is 0.253 e. The number of carbonyl (C=O) groups is 1. The number of amides is 1. The highest BCUT2D eigenvalue weighted by Crippen LogP contribution is 2.36. The number of anilines is 1. The molecule has 184 valence electrons. The van der Waals surface area contributed by atoms with Gasteiger partial charge in [-0.15, -0.1) is 0 Å².